The molecule has 3 heteroatoms. The average Bonchev–Trinajstić information content (AvgIpc) is 2.90. The molecule has 2 rings (SSSR count). The normalized spacial score (nSPS) is 10.7. The number of esters is 1. The van der Waals surface area contributed by atoms with Crippen molar-refractivity contribution in [3.05, 3.63) is 52.2 Å². The van der Waals surface area contributed by atoms with Gasteiger partial charge in [0, 0.05) is 11.3 Å². The largest absolute Gasteiger partial charge is 0.427 e. The molecule has 2 aromatic rings. The summed E-state index contributed by atoms with van der Waals surface area (Å²) in [5.74, 6) is 0.379. The van der Waals surface area contributed by atoms with Gasteiger partial charge in [0.2, 0.25) is 0 Å². The van der Waals surface area contributed by atoms with Crippen LogP contribution in [0.15, 0.2) is 41.8 Å². The van der Waals surface area contributed by atoms with Crippen molar-refractivity contribution in [1.82, 2.24) is 0 Å². The van der Waals surface area contributed by atoms with E-state index in [-0.39, 0.29) is 5.97 Å². The lowest BCUT2D eigenvalue weighted by Gasteiger charge is -2.02. The number of carbonyl (C=O) groups excluding carboxylic acids is 1. The van der Waals surface area contributed by atoms with Gasteiger partial charge in [-0.15, -0.1) is 11.3 Å². The fourth-order valence-corrected chi connectivity index (χ4v) is 2.07. The van der Waals surface area contributed by atoms with Crippen LogP contribution in [0.4, 0.5) is 0 Å². The maximum atomic E-state index is 11.2. The highest BCUT2D eigenvalue weighted by Crippen LogP contribution is 2.17. The van der Waals surface area contributed by atoms with Crippen LogP contribution >= 0.6 is 11.3 Å². The minimum atomic E-state index is -0.214. The molecule has 0 bridgehead atoms. The minimum Gasteiger partial charge on any atom is -0.427 e. The molecule has 0 saturated heterocycles. The number of carbonyl (C=O) groups is 1. The SMILES string of the molecule is CCC(=O)Oc1cccc(/C=C/c2cccs2)c1. The molecule has 0 aliphatic carbocycles. The molecule has 0 unspecified atom stereocenters. The maximum Gasteiger partial charge on any atom is 0.310 e. The van der Waals surface area contributed by atoms with Crippen molar-refractivity contribution in [2.75, 3.05) is 0 Å². The number of benzene rings is 1. The first-order chi connectivity index (χ1) is 8.78. The fourth-order valence-electron chi connectivity index (χ4n) is 1.45. The molecule has 0 amide bonds. The number of hydrogen-bond acceptors (Lipinski definition) is 3. The third-order valence-electron chi connectivity index (χ3n) is 2.36. The van der Waals surface area contributed by atoms with Crippen LogP contribution in [0.2, 0.25) is 0 Å². The van der Waals surface area contributed by atoms with Crippen LogP contribution in [-0.4, -0.2) is 5.97 Å². The second-order valence-electron chi connectivity index (χ2n) is 3.75. The number of thiophene rings is 1. The first-order valence-electron chi connectivity index (χ1n) is 5.80. The molecule has 1 aromatic carbocycles. The molecule has 0 aliphatic rings. The summed E-state index contributed by atoms with van der Waals surface area (Å²) in [5.41, 5.74) is 1.02. The summed E-state index contributed by atoms with van der Waals surface area (Å²) < 4.78 is 5.17. The molecular formula is C15H14O2S. The zero-order valence-electron chi connectivity index (χ0n) is 10.1. The van der Waals surface area contributed by atoms with Gasteiger partial charge in [0.25, 0.3) is 0 Å². The van der Waals surface area contributed by atoms with Crippen LogP contribution < -0.4 is 4.74 Å². The van der Waals surface area contributed by atoms with E-state index < -0.39 is 0 Å². The maximum absolute atomic E-state index is 11.2. The molecule has 0 aliphatic heterocycles. The van der Waals surface area contributed by atoms with Crippen molar-refractivity contribution in [1.29, 1.82) is 0 Å². The van der Waals surface area contributed by atoms with Crippen molar-refractivity contribution < 1.29 is 9.53 Å². The molecule has 1 heterocycles. The van der Waals surface area contributed by atoms with E-state index >= 15 is 0 Å². The molecule has 0 spiro atoms. The Labute approximate surface area is 111 Å². The predicted octanol–water partition coefficient (Wildman–Crippen LogP) is 4.23. The molecular weight excluding hydrogens is 244 g/mol. The van der Waals surface area contributed by atoms with Gasteiger partial charge in [0.1, 0.15) is 5.75 Å². The van der Waals surface area contributed by atoms with Crippen LogP contribution in [-0.2, 0) is 4.79 Å². The number of ether oxygens (including phenoxy) is 1. The van der Waals surface area contributed by atoms with Crippen LogP contribution in [0.5, 0.6) is 5.75 Å². The predicted molar refractivity (Wildman–Crippen MR) is 75.6 cm³/mol. The zero-order chi connectivity index (χ0) is 12.8. The van der Waals surface area contributed by atoms with Gasteiger partial charge < -0.3 is 4.74 Å². The van der Waals surface area contributed by atoms with E-state index in [9.17, 15) is 4.79 Å². The molecule has 0 atom stereocenters. The molecule has 18 heavy (non-hydrogen) atoms. The Balaban J connectivity index is 2.10. The lowest BCUT2D eigenvalue weighted by atomic mass is 10.2. The Kier molecular flexibility index (Phi) is 4.31. The Hall–Kier alpha value is -1.87. The lowest BCUT2D eigenvalue weighted by Crippen LogP contribution is -2.05. The summed E-state index contributed by atoms with van der Waals surface area (Å²) in [5, 5.41) is 2.04. The molecule has 92 valence electrons. The summed E-state index contributed by atoms with van der Waals surface area (Å²) >= 11 is 1.69. The first kappa shape index (κ1) is 12.6. The Morgan fingerprint density at radius 3 is 2.89 bits per heavy atom. The van der Waals surface area contributed by atoms with Gasteiger partial charge in [-0.05, 0) is 35.2 Å². The Morgan fingerprint density at radius 2 is 2.17 bits per heavy atom. The van der Waals surface area contributed by atoms with Gasteiger partial charge in [-0.25, -0.2) is 0 Å². The third kappa shape index (κ3) is 3.57. The van der Waals surface area contributed by atoms with E-state index in [1.165, 1.54) is 4.88 Å². The van der Waals surface area contributed by atoms with E-state index in [1.807, 2.05) is 41.8 Å². The van der Waals surface area contributed by atoms with E-state index in [4.69, 9.17) is 4.74 Å². The zero-order valence-corrected chi connectivity index (χ0v) is 10.9. The van der Waals surface area contributed by atoms with E-state index in [0.717, 1.165) is 5.56 Å². The smallest absolute Gasteiger partial charge is 0.310 e. The second-order valence-corrected chi connectivity index (χ2v) is 4.73. The molecule has 0 radical (unpaired) electrons. The fraction of sp³-hybridized carbons (Fsp3) is 0.133. The summed E-state index contributed by atoms with van der Waals surface area (Å²) in [6, 6.07) is 11.6. The Morgan fingerprint density at radius 1 is 1.28 bits per heavy atom. The molecule has 2 nitrogen and oxygen atoms in total. The third-order valence-corrected chi connectivity index (χ3v) is 3.20. The van der Waals surface area contributed by atoms with Gasteiger partial charge in [0.15, 0.2) is 0 Å². The van der Waals surface area contributed by atoms with Gasteiger partial charge in [-0.3, -0.25) is 4.79 Å². The van der Waals surface area contributed by atoms with Crippen LogP contribution in [0.3, 0.4) is 0 Å². The average molecular weight is 258 g/mol. The molecule has 0 fully saturated rings. The highest BCUT2D eigenvalue weighted by atomic mass is 32.1. The minimum absolute atomic E-state index is 0.214. The van der Waals surface area contributed by atoms with Gasteiger partial charge >= 0.3 is 5.97 Å². The summed E-state index contributed by atoms with van der Waals surface area (Å²) in [6.45, 7) is 1.78. The van der Waals surface area contributed by atoms with E-state index in [2.05, 4.69) is 6.07 Å². The molecule has 0 N–H and O–H groups in total. The van der Waals surface area contributed by atoms with Gasteiger partial charge in [0.05, 0.1) is 0 Å². The highest BCUT2D eigenvalue weighted by Gasteiger charge is 2.01. The van der Waals surface area contributed by atoms with Crippen molar-refractivity contribution in [3.63, 3.8) is 0 Å². The van der Waals surface area contributed by atoms with E-state index in [0.29, 0.717) is 12.2 Å². The van der Waals surface area contributed by atoms with Crippen LogP contribution in [0.25, 0.3) is 12.2 Å². The van der Waals surface area contributed by atoms with Crippen LogP contribution in [0, 0.1) is 0 Å². The summed E-state index contributed by atoms with van der Waals surface area (Å²) in [4.78, 5) is 12.4. The lowest BCUT2D eigenvalue weighted by molar-refractivity contribution is -0.134. The van der Waals surface area contributed by atoms with Crippen molar-refractivity contribution in [3.8, 4) is 5.75 Å². The summed E-state index contributed by atoms with van der Waals surface area (Å²) in [6.07, 6.45) is 4.44. The van der Waals surface area contributed by atoms with Gasteiger partial charge in [-0.2, -0.15) is 0 Å². The standard InChI is InChI=1S/C15H14O2S/c1-2-15(16)17-13-6-3-5-12(11-13)8-9-14-7-4-10-18-14/h3-11H,2H2,1H3/b9-8+. The second kappa shape index (κ2) is 6.17. The molecule has 1 aromatic heterocycles. The Bertz CT molecular complexity index is 541. The number of hydrogen-bond donors (Lipinski definition) is 0. The quantitative estimate of drug-likeness (QED) is 0.606. The summed E-state index contributed by atoms with van der Waals surface area (Å²) in [7, 11) is 0. The van der Waals surface area contributed by atoms with Crippen molar-refractivity contribution in [2.45, 2.75) is 13.3 Å². The van der Waals surface area contributed by atoms with E-state index in [1.54, 1.807) is 24.3 Å². The van der Waals surface area contributed by atoms with Crippen LogP contribution in [0.1, 0.15) is 23.8 Å². The topological polar surface area (TPSA) is 26.3 Å². The highest BCUT2D eigenvalue weighted by molar-refractivity contribution is 7.10. The number of rotatable bonds is 4. The van der Waals surface area contributed by atoms with Gasteiger partial charge in [-0.1, -0.05) is 31.2 Å². The monoisotopic (exact) mass is 258 g/mol. The van der Waals surface area contributed by atoms with Crippen molar-refractivity contribution >= 4 is 29.5 Å². The first-order valence-corrected chi connectivity index (χ1v) is 6.68. The molecule has 0 saturated carbocycles. The van der Waals surface area contributed by atoms with Crippen molar-refractivity contribution in [2.24, 2.45) is 0 Å².